The average molecular weight is 531 g/mol. The van der Waals surface area contributed by atoms with Crippen LogP contribution in [-0.2, 0) is 0 Å². The lowest BCUT2D eigenvalue weighted by Gasteiger charge is -2.28. The maximum Gasteiger partial charge on any atom is 0.415 e. The molecule has 0 bridgehead atoms. The van der Waals surface area contributed by atoms with Crippen molar-refractivity contribution in [2.24, 2.45) is 0 Å². The minimum absolute atomic E-state index is 0.0535. The Balaban J connectivity index is 1.35. The highest BCUT2D eigenvalue weighted by Gasteiger charge is 2.39. The lowest BCUT2D eigenvalue weighted by molar-refractivity contribution is 0.142. The molecule has 1 saturated carbocycles. The molecule has 2 atom stereocenters. The van der Waals surface area contributed by atoms with Gasteiger partial charge in [0.15, 0.2) is 11.5 Å². The van der Waals surface area contributed by atoms with Gasteiger partial charge in [0.1, 0.15) is 11.5 Å². The summed E-state index contributed by atoms with van der Waals surface area (Å²) in [7, 11) is 1.64. The van der Waals surface area contributed by atoms with Gasteiger partial charge in [0.2, 0.25) is 0 Å². The molecule has 1 N–H and O–H groups in total. The van der Waals surface area contributed by atoms with Gasteiger partial charge in [-0.05, 0) is 74.1 Å². The van der Waals surface area contributed by atoms with Crippen LogP contribution in [0.4, 0.5) is 9.59 Å². The fourth-order valence-corrected chi connectivity index (χ4v) is 5.39. The highest BCUT2D eigenvalue weighted by Crippen LogP contribution is 2.39. The van der Waals surface area contributed by atoms with Gasteiger partial charge >= 0.3 is 12.2 Å². The quantitative estimate of drug-likeness (QED) is 0.375. The molecule has 204 valence electrons. The first-order valence-corrected chi connectivity index (χ1v) is 13.5. The molecule has 3 aromatic carbocycles. The summed E-state index contributed by atoms with van der Waals surface area (Å²) >= 11 is 0. The molecule has 3 aromatic rings. The monoisotopic (exact) mass is 530 g/mol. The molecule has 0 unspecified atom stereocenters. The zero-order chi connectivity index (χ0) is 27.0. The van der Waals surface area contributed by atoms with Crippen LogP contribution in [-0.4, -0.2) is 49.4 Å². The predicted molar refractivity (Wildman–Crippen MR) is 147 cm³/mol. The fraction of sp³-hybridized carbons (Fsp3) is 0.355. The summed E-state index contributed by atoms with van der Waals surface area (Å²) in [4.78, 5) is 27.5. The minimum atomic E-state index is -0.580. The summed E-state index contributed by atoms with van der Waals surface area (Å²) in [6.45, 7) is 0.687. The first kappa shape index (κ1) is 26.4. The Labute approximate surface area is 228 Å². The van der Waals surface area contributed by atoms with Crippen molar-refractivity contribution in [2.45, 2.75) is 50.2 Å². The number of methoxy groups -OCH3 is 1. The molecule has 2 fully saturated rings. The Morgan fingerprint density at radius 1 is 0.846 bits per heavy atom. The normalized spacial score (nSPS) is 18.9. The largest absolute Gasteiger partial charge is 0.493 e. The highest BCUT2D eigenvalue weighted by molar-refractivity contribution is 5.73. The highest BCUT2D eigenvalue weighted by atomic mass is 16.6. The van der Waals surface area contributed by atoms with E-state index in [4.69, 9.17) is 18.9 Å². The molecule has 8 heteroatoms. The van der Waals surface area contributed by atoms with E-state index in [0.717, 1.165) is 18.4 Å². The molecule has 1 heterocycles. The molecule has 1 aliphatic heterocycles. The number of para-hydroxylation sites is 2. The smallest absolute Gasteiger partial charge is 0.415 e. The number of hydrogen-bond acceptors (Lipinski definition) is 6. The molecule has 0 radical (unpaired) electrons. The first-order valence-electron chi connectivity index (χ1n) is 13.5. The van der Waals surface area contributed by atoms with E-state index in [9.17, 15) is 9.59 Å². The van der Waals surface area contributed by atoms with Crippen LogP contribution >= 0.6 is 0 Å². The topological polar surface area (TPSA) is 86.3 Å². The Morgan fingerprint density at radius 2 is 1.51 bits per heavy atom. The second kappa shape index (κ2) is 12.6. The van der Waals surface area contributed by atoms with E-state index < -0.39 is 12.2 Å². The van der Waals surface area contributed by atoms with Gasteiger partial charge in [0, 0.05) is 19.0 Å². The molecular formula is C31H34N2O6. The third-order valence-electron chi connectivity index (χ3n) is 7.35. The number of nitrogens with zero attached hydrogens (tertiary/aromatic N) is 1. The van der Waals surface area contributed by atoms with E-state index >= 15 is 0 Å². The van der Waals surface area contributed by atoms with E-state index in [0.29, 0.717) is 36.0 Å². The molecule has 0 spiro atoms. The maximum atomic E-state index is 13.3. The van der Waals surface area contributed by atoms with Crippen molar-refractivity contribution in [2.75, 3.05) is 20.2 Å². The van der Waals surface area contributed by atoms with Gasteiger partial charge in [-0.2, -0.15) is 0 Å². The molecule has 1 saturated heterocycles. The van der Waals surface area contributed by atoms with Crippen LogP contribution in [0.15, 0.2) is 78.9 Å². The maximum absolute atomic E-state index is 13.3. The molecule has 1 aliphatic carbocycles. The Kier molecular flexibility index (Phi) is 8.51. The van der Waals surface area contributed by atoms with Gasteiger partial charge in [-0.1, -0.05) is 42.5 Å². The third-order valence-corrected chi connectivity index (χ3v) is 7.35. The Hall–Kier alpha value is -4.20. The summed E-state index contributed by atoms with van der Waals surface area (Å²) in [5, 5.41) is 2.85. The number of benzene rings is 3. The molecular weight excluding hydrogens is 496 g/mol. The second-order valence-corrected chi connectivity index (χ2v) is 9.86. The van der Waals surface area contributed by atoms with E-state index in [1.165, 1.54) is 12.8 Å². The number of carbonyl (C=O) groups is 2. The summed E-state index contributed by atoms with van der Waals surface area (Å²) in [6, 6.07) is 23.4. The van der Waals surface area contributed by atoms with E-state index in [2.05, 4.69) is 5.32 Å². The number of likely N-dealkylation sites (tertiary alicyclic amines) is 1. The second-order valence-electron chi connectivity index (χ2n) is 9.86. The van der Waals surface area contributed by atoms with Crippen molar-refractivity contribution in [3.8, 4) is 23.0 Å². The van der Waals surface area contributed by atoms with Gasteiger partial charge in [-0.15, -0.1) is 0 Å². The number of carbonyl (C=O) groups excluding carboxylic acids is 2. The van der Waals surface area contributed by atoms with Gasteiger partial charge < -0.3 is 29.2 Å². The van der Waals surface area contributed by atoms with Gasteiger partial charge in [0.05, 0.1) is 19.3 Å². The average Bonchev–Trinajstić information content (AvgIpc) is 3.63. The van der Waals surface area contributed by atoms with Crippen LogP contribution < -0.4 is 24.3 Å². The van der Waals surface area contributed by atoms with Crippen LogP contribution in [0.3, 0.4) is 0 Å². The molecule has 8 nitrogen and oxygen atoms in total. The lowest BCUT2D eigenvalue weighted by Crippen LogP contribution is -2.46. The zero-order valence-electron chi connectivity index (χ0n) is 22.1. The minimum Gasteiger partial charge on any atom is -0.493 e. The number of rotatable bonds is 8. The number of hydrogen-bond donors (Lipinski definition) is 1. The zero-order valence-corrected chi connectivity index (χ0v) is 22.1. The van der Waals surface area contributed by atoms with Crippen LogP contribution in [0.2, 0.25) is 0 Å². The molecule has 39 heavy (non-hydrogen) atoms. The van der Waals surface area contributed by atoms with Crippen molar-refractivity contribution in [3.63, 3.8) is 0 Å². The van der Waals surface area contributed by atoms with E-state index in [-0.39, 0.29) is 24.6 Å². The summed E-state index contributed by atoms with van der Waals surface area (Å²) in [5.41, 5.74) is 1.02. The van der Waals surface area contributed by atoms with Crippen molar-refractivity contribution in [1.82, 2.24) is 10.2 Å². The van der Waals surface area contributed by atoms with Crippen LogP contribution in [0.5, 0.6) is 23.0 Å². The van der Waals surface area contributed by atoms with E-state index in [1.807, 2.05) is 42.5 Å². The number of nitrogens with one attached hydrogen (secondary N) is 1. The molecule has 5 rings (SSSR count). The summed E-state index contributed by atoms with van der Waals surface area (Å²) in [6.07, 6.45) is 4.25. The van der Waals surface area contributed by atoms with Gasteiger partial charge in [-0.25, -0.2) is 9.59 Å². The lowest BCUT2D eigenvalue weighted by atomic mass is 9.91. The predicted octanol–water partition coefficient (Wildman–Crippen LogP) is 6.16. The molecule has 2 amide bonds. The summed E-state index contributed by atoms with van der Waals surface area (Å²) < 4.78 is 23.0. The Bertz CT molecular complexity index is 1250. The third kappa shape index (κ3) is 6.63. The molecule has 0 aromatic heterocycles. The van der Waals surface area contributed by atoms with Crippen LogP contribution in [0.1, 0.15) is 43.6 Å². The Morgan fingerprint density at radius 3 is 2.18 bits per heavy atom. The van der Waals surface area contributed by atoms with E-state index in [1.54, 1.807) is 48.4 Å². The van der Waals surface area contributed by atoms with Crippen molar-refractivity contribution in [3.05, 3.63) is 84.4 Å². The standard InChI is InChI=1S/C31H34N2O6/c1-36-28-17-16-22(20-29(28)37-23-14-8-9-15-23)26-18-19-33(31(35)39-25-12-6-3-7-13-25)27(26)21-32-30(34)38-24-10-4-2-5-11-24/h2-7,10-13,16-17,20,23,26-27H,8-9,14-15,18-19,21H2,1H3,(H,32,34)/t26-,27-/m1/s1. The SMILES string of the molecule is COc1ccc([C@H]2CCN(C(=O)Oc3ccccc3)[C@@H]2CNC(=O)Oc2ccccc2)cc1OC1CCCC1. The summed E-state index contributed by atoms with van der Waals surface area (Å²) in [5.74, 6) is 2.26. The number of amides is 2. The van der Waals surface area contributed by atoms with Crippen molar-refractivity contribution >= 4 is 12.2 Å². The fourth-order valence-electron chi connectivity index (χ4n) is 5.39. The molecule has 2 aliphatic rings. The first-order chi connectivity index (χ1) is 19.1. The van der Waals surface area contributed by atoms with Crippen LogP contribution in [0.25, 0.3) is 0 Å². The van der Waals surface area contributed by atoms with Gasteiger partial charge in [-0.3, -0.25) is 0 Å². The van der Waals surface area contributed by atoms with Gasteiger partial charge in [0.25, 0.3) is 0 Å². The number of ether oxygens (including phenoxy) is 4. The van der Waals surface area contributed by atoms with Crippen molar-refractivity contribution < 1.29 is 28.5 Å². The van der Waals surface area contributed by atoms with Crippen LogP contribution in [0, 0.1) is 0 Å². The van der Waals surface area contributed by atoms with Crippen molar-refractivity contribution in [1.29, 1.82) is 0 Å².